The third kappa shape index (κ3) is 2.10. The van der Waals surface area contributed by atoms with E-state index >= 15 is 0 Å². The van der Waals surface area contributed by atoms with Gasteiger partial charge >= 0.3 is 0 Å². The molecular weight excluding hydrogens is 230 g/mol. The zero-order chi connectivity index (χ0) is 11.8. The predicted octanol–water partition coefficient (Wildman–Crippen LogP) is -0.00540. The van der Waals surface area contributed by atoms with E-state index in [9.17, 15) is 8.42 Å². The van der Waals surface area contributed by atoms with Gasteiger partial charge in [0, 0.05) is 5.41 Å². The van der Waals surface area contributed by atoms with Crippen LogP contribution in [0.3, 0.4) is 0 Å². The molecule has 0 bridgehead atoms. The number of nitrogens with two attached hydrogens (primary N) is 1. The molecule has 0 unspecified atom stereocenters. The Bertz CT molecular complexity index is 466. The van der Waals surface area contributed by atoms with E-state index in [1.54, 1.807) is 0 Å². The molecule has 6 nitrogen and oxygen atoms in total. The van der Waals surface area contributed by atoms with Gasteiger partial charge in [-0.3, -0.25) is 0 Å². The summed E-state index contributed by atoms with van der Waals surface area (Å²) < 4.78 is 27.6. The Balaban J connectivity index is 2.20. The Kier molecular flexibility index (Phi) is 2.75. The maximum absolute atomic E-state index is 11.3. The number of sulfone groups is 1. The molecular formula is C9H15N3O3S. The first-order valence-electron chi connectivity index (χ1n) is 5.19. The summed E-state index contributed by atoms with van der Waals surface area (Å²) in [5, 5.41) is 3.87. The van der Waals surface area contributed by atoms with Crippen LogP contribution in [0.2, 0.25) is 0 Å². The van der Waals surface area contributed by atoms with Crippen LogP contribution >= 0.6 is 0 Å². The largest absolute Gasteiger partial charge is 0.338 e. The second kappa shape index (κ2) is 3.81. The van der Waals surface area contributed by atoms with E-state index in [-0.39, 0.29) is 23.5 Å². The fourth-order valence-electron chi connectivity index (χ4n) is 1.80. The van der Waals surface area contributed by atoms with Gasteiger partial charge in [-0.05, 0) is 12.8 Å². The molecule has 7 heteroatoms. The van der Waals surface area contributed by atoms with Gasteiger partial charge in [0.25, 0.3) is 0 Å². The quantitative estimate of drug-likeness (QED) is 0.787. The van der Waals surface area contributed by atoms with Gasteiger partial charge in [-0.2, -0.15) is 4.98 Å². The van der Waals surface area contributed by atoms with Gasteiger partial charge < -0.3 is 10.3 Å². The summed E-state index contributed by atoms with van der Waals surface area (Å²) >= 11 is 0. The minimum absolute atomic E-state index is 0.190. The summed E-state index contributed by atoms with van der Waals surface area (Å²) in [7, 11) is -2.87. The number of rotatable bonds is 2. The van der Waals surface area contributed by atoms with Crippen LogP contribution in [0, 0.1) is 0 Å². The second-order valence-electron chi connectivity index (χ2n) is 4.43. The van der Waals surface area contributed by atoms with Gasteiger partial charge in [-0.15, -0.1) is 0 Å². The lowest BCUT2D eigenvalue weighted by Gasteiger charge is -2.29. The highest BCUT2D eigenvalue weighted by Crippen LogP contribution is 2.33. The summed E-state index contributed by atoms with van der Waals surface area (Å²) in [5.41, 5.74) is 5.08. The van der Waals surface area contributed by atoms with Crippen LogP contribution in [0.4, 0.5) is 0 Å². The van der Waals surface area contributed by atoms with Crippen molar-refractivity contribution >= 4 is 9.84 Å². The average molecular weight is 245 g/mol. The summed E-state index contributed by atoms with van der Waals surface area (Å²) in [6, 6.07) is 0. The Hall–Kier alpha value is -0.950. The molecule has 1 aliphatic rings. The molecule has 1 aromatic heterocycles. The van der Waals surface area contributed by atoms with Crippen molar-refractivity contribution in [1.82, 2.24) is 10.1 Å². The smallest absolute Gasteiger partial charge is 0.240 e. The minimum atomic E-state index is -2.87. The maximum Gasteiger partial charge on any atom is 0.240 e. The molecule has 1 aromatic rings. The van der Waals surface area contributed by atoms with Gasteiger partial charge in [-0.1, -0.05) is 12.1 Å². The molecule has 0 radical (unpaired) electrons. The zero-order valence-corrected chi connectivity index (χ0v) is 9.96. The molecule has 0 atom stereocenters. The van der Waals surface area contributed by atoms with Crippen LogP contribution in [0.5, 0.6) is 0 Å². The van der Waals surface area contributed by atoms with Gasteiger partial charge in [-0.25, -0.2) is 8.42 Å². The summed E-state index contributed by atoms with van der Waals surface area (Å²) in [6.45, 7) is 2.17. The lowest BCUT2D eigenvalue weighted by Crippen LogP contribution is -2.35. The zero-order valence-electron chi connectivity index (χ0n) is 9.14. The maximum atomic E-state index is 11.3. The molecule has 90 valence electrons. The van der Waals surface area contributed by atoms with Crippen molar-refractivity contribution in [2.24, 2.45) is 5.73 Å². The first-order chi connectivity index (χ1) is 7.45. The van der Waals surface area contributed by atoms with Crippen molar-refractivity contribution in [2.75, 3.05) is 11.5 Å². The van der Waals surface area contributed by atoms with Crippen LogP contribution < -0.4 is 5.73 Å². The Morgan fingerprint density at radius 1 is 1.44 bits per heavy atom. The van der Waals surface area contributed by atoms with Gasteiger partial charge in [0.2, 0.25) is 5.89 Å². The summed E-state index contributed by atoms with van der Waals surface area (Å²) in [4.78, 5) is 4.17. The molecule has 2 rings (SSSR count). The summed E-state index contributed by atoms with van der Waals surface area (Å²) in [6.07, 6.45) is 1.08. The predicted molar refractivity (Wildman–Crippen MR) is 57.4 cm³/mol. The van der Waals surface area contributed by atoms with Crippen molar-refractivity contribution in [3.8, 4) is 0 Å². The third-order valence-corrected chi connectivity index (χ3v) is 4.76. The molecule has 16 heavy (non-hydrogen) atoms. The molecule has 2 heterocycles. The minimum Gasteiger partial charge on any atom is -0.338 e. The molecule has 0 aliphatic carbocycles. The lowest BCUT2D eigenvalue weighted by atomic mass is 9.83. The van der Waals surface area contributed by atoms with Crippen molar-refractivity contribution in [3.63, 3.8) is 0 Å². The van der Waals surface area contributed by atoms with E-state index < -0.39 is 9.84 Å². The Morgan fingerprint density at radius 2 is 2.06 bits per heavy atom. The topological polar surface area (TPSA) is 99.1 Å². The number of nitrogens with zero attached hydrogens (tertiary/aromatic N) is 2. The normalized spacial score (nSPS) is 23.1. The highest BCUT2D eigenvalue weighted by molar-refractivity contribution is 7.91. The van der Waals surface area contributed by atoms with Gasteiger partial charge in [0.05, 0.1) is 18.1 Å². The van der Waals surface area contributed by atoms with Crippen molar-refractivity contribution in [3.05, 3.63) is 11.7 Å². The summed E-state index contributed by atoms with van der Waals surface area (Å²) in [5.74, 6) is 1.35. The van der Waals surface area contributed by atoms with E-state index in [1.807, 2.05) is 6.92 Å². The molecule has 2 N–H and O–H groups in total. The van der Waals surface area contributed by atoms with Crippen LogP contribution in [-0.2, 0) is 21.8 Å². The van der Waals surface area contributed by atoms with E-state index in [2.05, 4.69) is 10.1 Å². The second-order valence-corrected chi connectivity index (χ2v) is 6.73. The van der Waals surface area contributed by atoms with Crippen LogP contribution in [0.15, 0.2) is 4.52 Å². The van der Waals surface area contributed by atoms with Crippen LogP contribution in [0.1, 0.15) is 31.5 Å². The molecule has 0 aromatic carbocycles. The van der Waals surface area contributed by atoms with E-state index in [4.69, 9.17) is 10.3 Å². The molecule has 1 saturated heterocycles. The molecule has 1 fully saturated rings. The first kappa shape index (κ1) is 11.5. The number of aromatic nitrogens is 2. The van der Waals surface area contributed by atoms with Gasteiger partial charge in [0.15, 0.2) is 5.82 Å². The molecule has 0 saturated carbocycles. The fourth-order valence-corrected chi connectivity index (χ4v) is 3.52. The molecule has 0 amide bonds. The molecule has 0 spiro atoms. The SMILES string of the molecule is CC1(c2noc(CN)n2)CCS(=O)(=O)CC1. The van der Waals surface area contributed by atoms with Gasteiger partial charge in [0.1, 0.15) is 9.84 Å². The molecule has 1 aliphatic heterocycles. The van der Waals surface area contributed by atoms with E-state index in [1.165, 1.54) is 0 Å². The van der Waals surface area contributed by atoms with E-state index in [0.717, 1.165) is 0 Å². The average Bonchev–Trinajstić information content (AvgIpc) is 2.72. The van der Waals surface area contributed by atoms with Crippen molar-refractivity contribution in [2.45, 2.75) is 31.7 Å². The highest BCUT2D eigenvalue weighted by Gasteiger charge is 2.38. The lowest BCUT2D eigenvalue weighted by molar-refractivity contribution is 0.341. The number of hydrogen-bond acceptors (Lipinski definition) is 6. The Morgan fingerprint density at radius 3 is 2.56 bits per heavy atom. The van der Waals surface area contributed by atoms with Crippen LogP contribution in [-0.4, -0.2) is 30.1 Å². The van der Waals surface area contributed by atoms with E-state index in [0.29, 0.717) is 24.6 Å². The number of hydrogen-bond donors (Lipinski definition) is 1. The van der Waals surface area contributed by atoms with Crippen molar-refractivity contribution in [1.29, 1.82) is 0 Å². The third-order valence-electron chi connectivity index (χ3n) is 3.11. The van der Waals surface area contributed by atoms with Crippen molar-refractivity contribution < 1.29 is 12.9 Å². The highest BCUT2D eigenvalue weighted by atomic mass is 32.2. The Labute approximate surface area is 94.1 Å². The first-order valence-corrected chi connectivity index (χ1v) is 7.01. The standard InChI is InChI=1S/C9H15N3O3S/c1-9(2-4-16(13,14)5-3-9)8-11-7(6-10)15-12-8/h2-6,10H2,1H3. The monoisotopic (exact) mass is 245 g/mol. The fraction of sp³-hybridized carbons (Fsp3) is 0.778. The van der Waals surface area contributed by atoms with Crippen LogP contribution in [0.25, 0.3) is 0 Å².